The van der Waals surface area contributed by atoms with E-state index in [0.29, 0.717) is 13.2 Å². The van der Waals surface area contributed by atoms with Gasteiger partial charge < -0.3 is 29.2 Å². The lowest BCUT2D eigenvalue weighted by Gasteiger charge is -2.39. The summed E-state index contributed by atoms with van der Waals surface area (Å²) in [6.45, 7) is 1.11. The highest BCUT2D eigenvalue weighted by Crippen LogP contribution is 2.35. The quantitative estimate of drug-likeness (QED) is 0.840. The molecule has 0 amide bonds. The number of fused-ring (bicyclic) bond motifs is 2. The molecule has 3 heterocycles. The lowest BCUT2D eigenvalue weighted by molar-refractivity contribution is -0.165. The van der Waals surface area contributed by atoms with Crippen molar-refractivity contribution < 1.29 is 19.3 Å². The number of aliphatic hydroxyl groups excluding tert-OH is 1. The first-order valence-corrected chi connectivity index (χ1v) is 8.05. The summed E-state index contributed by atoms with van der Waals surface area (Å²) >= 11 is 0. The molecule has 0 spiro atoms. The fraction of sp³-hybridized carbons (Fsp3) is 0.471. The fourth-order valence-electron chi connectivity index (χ4n) is 3.40. The van der Waals surface area contributed by atoms with Gasteiger partial charge in [0.2, 0.25) is 0 Å². The molecule has 7 nitrogen and oxygen atoms in total. The van der Waals surface area contributed by atoms with Gasteiger partial charge in [0, 0.05) is 18.9 Å². The number of methoxy groups -OCH3 is 1. The SMILES string of the molecule is COc1ccc(CN[C@H]2[C@H](O)[C@@H](n3ccnc3)[C@@H]3OC[C@H]2O3)cc1. The van der Waals surface area contributed by atoms with Crippen molar-refractivity contribution >= 4 is 0 Å². The van der Waals surface area contributed by atoms with E-state index in [1.54, 1.807) is 19.6 Å². The van der Waals surface area contributed by atoms with E-state index in [9.17, 15) is 5.11 Å². The Hall–Kier alpha value is -1.93. The third kappa shape index (κ3) is 2.80. The van der Waals surface area contributed by atoms with E-state index < -0.39 is 12.4 Å². The van der Waals surface area contributed by atoms with Crippen molar-refractivity contribution in [2.45, 2.75) is 37.1 Å². The number of hydrogen-bond acceptors (Lipinski definition) is 6. The number of nitrogens with zero attached hydrogens (tertiary/aromatic N) is 2. The first-order chi connectivity index (χ1) is 11.8. The first-order valence-electron chi connectivity index (χ1n) is 8.05. The molecular formula is C17H21N3O4. The van der Waals surface area contributed by atoms with Crippen molar-refractivity contribution in [2.75, 3.05) is 13.7 Å². The third-order valence-electron chi connectivity index (χ3n) is 4.70. The maximum Gasteiger partial charge on any atom is 0.181 e. The van der Waals surface area contributed by atoms with E-state index in [1.807, 2.05) is 35.0 Å². The molecule has 0 saturated carbocycles. The molecule has 24 heavy (non-hydrogen) atoms. The summed E-state index contributed by atoms with van der Waals surface area (Å²) in [6.07, 6.45) is 3.98. The second-order valence-electron chi connectivity index (χ2n) is 6.12. The van der Waals surface area contributed by atoms with Gasteiger partial charge in [-0.05, 0) is 17.7 Å². The lowest BCUT2D eigenvalue weighted by Crippen LogP contribution is -2.57. The highest BCUT2D eigenvalue weighted by Gasteiger charge is 2.50. The molecule has 2 aliphatic heterocycles. The first kappa shape index (κ1) is 15.6. The molecule has 128 valence electrons. The largest absolute Gasteiger partial charge is 0.497 e. The van der Waals surface area contributed by atoms with Crippen molar-refractivity contribution in [1.29, 1.82) is 0 Å². The predicted octanol–water partition coefficient (Wildman–Crippen LogP) is 0.707. The maximum atomic E-state index is 10.9. The van der Waals surface area contributed by atoms with E-state index in [4.69, 9.17) is 14.2 Å². The minimum absolute atomic E-state index is 0.150. The van der Waals surface area contributed by atoms with Crippen molar-refractivity contribution in [3.8, 4) is 5.75 Å². The Morgan fingerprint density at radius 2 is 2.21 bits per heavy atom. The van der Waals surface area contributed by atoms with Gasteiger partial charge in [-0.3, -0.25) is 0 Å². The highest BCUT2D eigenvalue weighted by molar-refractivity contribution is 5.27. The van der Waals surface area contributed by atoms with E-state index in [-0.39, 0.29) is 18.2 Å². The Labute approximate surface area is 140 Å². The van der Waals surface area contributed by atoms with Crippen LogP contribution in [0.15, 0.2) is 43.0 Å². The van der Waals surface area contributed by atoms with Gasteiger partial charge in [0.05, 0.1) is 32.2 Å². The lowest BCUT2D eigenvalue weighted by atomic mass is 9.95. The molecule has 7 heteroatoms. The van der Waals surface area contributed by atoms with Gasteiger partial charge in [0.25, 0.3) is 0 Å². The molecule has 1 aromatic heterocycles. The van der Waals surface area contributed by atoms with Crippen LogP contribution in [0.2, 0.25) is 0 Å². The second-order valence-corrected chi connectivity index (χ2v) is 6.12. The minimum Gasteiger partial charge on any atom is -0.497 e. The molecule has 2 aromatic rings. The van der Waals surface area contributed by atoms with Crippen LogP contribution in [0.25, 0.3) is 0 Å². The molecule has 2 N–H and O–H groups in total. The van der Waals surface area contributed by atoms with Crippen LogP contribution in [0.1, 0.15) is 11.6 Å². The molecule has 4 rings (SSSR count). The number of benzene rings is 1. The Bertz CT molecular complexity index is 661. The molecule has 1 aromatic carbocycles. The number of rotatable bonds is 5. The molecule has 0 unspecified atom stereocenters. The van der Waals surface area contributed by atoms with Crippen LogP contribution in [0, 0.1) is 0 Å². The predicted molar refractivity (Wildman–Crippen MR) is 85.5 cm³/mol. The van der Waals surface area contributed by atoms with Gasteiger partial charge in [-0.1, -0.05) is 12.1 Å². The summed E-state index contributed by atoms with van der Waals surface area (Å²) in [6, 6.07) is 7.34. The van der Waals surface area contributed by atoms with Gasteiger partial charge in [-0.25, -0.2) is 4.98 Å². The number of ether oxygens (including phenoxy) is 3. The number of imidazole rings is 1. The topological polar surface area (TPSA) is 77.8 Å². The number of nitrogens with one attached hydrogen (secondary N) is 1. The van der Waals surface area contributed by atoms with Crippen molar-refractivity contribution in [1.82, 2.24) is 14.9 Å². The Morgan fingerprint density at radius 1 is 1.38 bits per heavy atom. The Balaban J connectivity index is 1.47. The fourth-order valence-corrected chi connectivity index (χ4v) is 3.40. The smallest absolute Gasteiger partial charge is 0.181 e. The van der Waals surface area contributed by atoms with Crippen molar-refractivity contribution in [3.05, 3.63) is 48.5 Å². The zero-order chi connectivity index (χ0) is 16.5. The molecule has 2 saturated heterocycles. The molecule has 2 bridgehead atoms. The third-order valence-corrected chi connectivity index (χ3v) is 4.70. The molecular weight excluding hydrogens is 310 g/mol. The summed E-state index contributed by atoms with van der Waals surface area (Å²) in [5.41, 5.74) is 1.11. The van der Waals surface area contributed by atoms with Crippen LogP contribution >= 0.6 is 0 Å². The summed E-state index contributed by atoms with van der Waals surface area (Å²) in [5.74, 6) is 0.826. The molecule has 0 aliphatic carbocycles. The van der Waals surface area contributed by atoms with Gasteiger partial charge in [-0.15, -0.1) is 0 Å². The van der Waals surface area contributed by atoms with Crippen LogP contribution in [0.5, 0.6) is 5.75 Å². The summed E-state index contributed by atoms with van der Waals surface area (Å²) < 4.78 is 18.7. The Morgan fingerprint density at radius 3 is 2.92 bits per heavy atom. The standard InChI is InChI=1S/C17H21N3O4/c1-22-12-4-2-11(3-5-12)8-19-14-13-9-23-17(24-13)15(16(14)21)20-7-6-18-10-20/h2-7,10,13-17,19,21H,8-9H2,1H3/t13-,14-,15-,16+,17-/m1/s1. The van der Waals surface area contributed by atoms with Crippen LogP contribution in [0.4, 0.5) is 0 Å². The molecule has 0 radical (unpaired) electrons. The highest BCUT2D eigenvalue weighted by atomic mass is 16.7. The average molecular weight is 331 g/mol. The van der Waals surface area contributed by atoms with E-state index in [1.165, 1.54) is 0 Å². The zero-order valence-electron chi connectivity index (χ0n) is 13.4. The van der Waals surface area contributed by atoms with Crippen molar-refractivity contribution in [3.63, 3.8) is 0 Å². The molecule has 2 fully saturated rings. The van der Waals surface area contributed by atoms with E-state index >= 15 is 0 Å². The molecule has 2 aliphatic rings. The van der Waals surface area contributed by atoms with Gasteiger partial charge in [0.1, 0.15) is 17.9 Å². The minimum atomic E-state index is -0.622. The number of aromatic nitrogens is 2. The average Bonchev–Trinajstić information content (AvgIpc) is 3.27. The maximum absolute atomic E-state index is 10.9. The van der Waals surface area contributed by atoms with Gasteiger partial charge in [0.15, 0.2) is 6.29 Å². The van der Waals surface area contributed by atoms with Crippen LogP contribution in [0.3, 0.4) is 0 Å². The summed E-state index contributed by atoms with van der Waals surface area (Å²) in [7, 11) is 1.65. The van der Waals surface area contributed by atoms with E-state index in [2.05, 4.69) is 10.3 Å². The summed E-state index contributed by atoms with van der Waals surface area (Å²) in [5, 5.41) is 14.3. The second kappa shape index (κ2) is 6.52. The normalized spacial score (nSPS) is 32.0. The van der Waals surface area contributed by atoms with Gasteiger partial charge >= 0.3 is 0 Å². The van der Waals surface area contributed by atoms with Crippen LogP contribution < -0.4 is 10.1 Å². The zero-order valence-corrected chi connectivity index (χ0v) is 13.4. The molecule has 5 atom stereocenters. The van der Waals surface area contributed by atoms with Gasteiger partial charge in [-0.2, -0.15) is 0 Å². The number of hydrogen-bond donors (Lipinski definition) is 2. The van der Waals surface area contributed by atoms with Crippen LogP contribution in [-0.2, 0) is 16.0 Å². The van der Waals surface area contributed by atoms with Crippen LogP contribution in [-0.4, -0.2) is 52.9 Å². The number of aliphatic hydroxyl groups is 1. The van der Waals surface area contributed by atoms with Crippen molar-refractivity contribution in [2.24, 2.45) is 0 Å². The summed E-state index contributed by atoms with van der Waals surface area (Å²) in [4.78, 5) is 4.06. The van der Waals surface area contributed by atoms with E-state index in [0.717, 1.165) is 11.3 Å². The Kier molecular flexibility index (Phi) is 4.24. The monoisotopic (exact) mass is 331 g/mol.